The number of rotatable bonds is 8. The molecule has 0 aromatic heterocycles. The van der Waals surface area contributed by atoms with Crippen LogP contribution < -0.4 is 0 Å². The van der Waals surface area contributed by atoms with E-state index in [0.29, 0.717) is 48.3 Å². The molecule has 9 aliphatic rings. The van der Waals surface area contributed by atoms with E-state index in [2.05, 4.69) is 33.8 Å². The molecule has 26 atom stereocenters. The average Bonchev–Trinajstić information content (AvgIpc) is 3.70. The largest absolute Gasteiger partial charge is 0.394 e. The first kappa shape index (κ1) is 46.2. The fourth-order valence-electron chi connectivity index (χ4n) is 14.1. The molecule has 8 fully saturated rings. The zero-order chi connectivity index (χ0) is 44.2. The summed E-state index contributed by atoms with van der Waals surface area (Å²) in [5.41, 5.74) is 1.25. The highest BCUT2D eigenvalue weighted by Crippen LogP contribution is 2.71. The number of hydrogen-bond acceptors (Lipinski definition) is 17. The predicted octanol–water partition coefficient (Wildman–Crippen LogP) is 0.478. The molecule has 5 heterocycles. The third-order valence-electron chi connectivity index (χ3n) is 17.7. The van der Waals surface area contributed by atoms with Crippen LogP contribution in [0.15, 0.2) is 11.6 Å². The van der Waals surface area contributed by atoms with Crippen LogP contribution in [0.5, 0.6) is 0 Å². The molecule has 0 bridgehead atoms. The second kappa shape index (κ2) is 17.3. The van der Waals surface area contributed by atoms with Crippen LogP contribution >= 0.6 is 0 Å². The Morgan fingerprint density at radius 1 is 0.758 bits per heavy atom. The molecule has 3 saturated carbocycles. The molecular weight excluding hydrogens is 812 g/mol. The number of hydrogen-bond donors (Lipinski definition) is 8. The lowest BCUT2D eigenvalue weighted by molar-refractivity contribution is -0.379. The Balaban J connectivity index is 0.881. The maximum Gasteiger partial charge on any atom is 0.187 e. The zero-order valence-electron chi connectivity index (χ0n) is 36.9. The number of fused-ring (bicyclic) bond motifs is 7. The number of allylic oxidation sites excluding steroid dienone is 1. The molecular formula is C45H72O17. The van der Waals surface area contributed by atoms with Crippen LogP contribution in [0.3, 0.4) is 0 Å². The van der Waals surface area contributed by atoms with Crippen molar-refractivity contribution in [3.63, 3.8) is 0 Å². The second-order valence-electron chi connectivity index (χ2n) is 20.9. The van der Waals surface area contributed by atoms with Gasteiger partial charge in [-0.3, -0.25) is 0 Å². The monoisotopic (exact) mass is 884 g/mol. The molecule has 0 aromatic carbocycles. The zero-order valence-corrected chi connectivity index (χ0v) is 36.9. The topological polar surface area (TPSA) is 245 Å². The van der Waals surface area contributed by atoms with Gasteiger partial charge in [-0.2, -0.15) is 0 Å². The number of methoxy groups -OCH3 is 1. The van der Waals surface area contributed by atoms with Crippen LogP contribution in [-0.4, -0.2) is 178 Å². The van der Waals surface area contributed by atoms with Gasteiger partial charge in [0.25, 0.3) is 0 Å². The van der Waals surface area contributed by atoms with Crippen LogP contribution in [0.2, 0.25) is 0 Å². The van der Waals surface area contributed by atoms with E-state index in [-0.39, 0.29) is 23.0 Å². The molecule has 62 heavy (non-hydrogen) atoms. The minimum atomic E-state index is -1.82. The highest BCUT2D eigenvalue weighted by Gasteiger charge is 2.69. The maximum absolute atomic E-state index is 11.8. The van der Waals surface area contributed by atoms with Gasteiger partial charge in [0.05, 0.1) is 44.2 Å². The molecule has 354 valence electrons. The van der Waals surface area contributed by atoms with E-state index >= 15 is 0 Å². The molecule has 0 amide bonds. The van der Waals surface area contributed by atoms with E-state index in [9.17, 15) is 40.9 Å². The highest BCUT2D eigenvalue weighted by atomic mass is 16.8. The second-order valence-corrected chi connectivity index (χ2v) is 20.9. The first-order chi connectivity index (χ1) is 29.4. The lowest BCUT2D eigenvalue weighted by atomic mass is 9.46. The summed E-state index contributed by atoms with van der Waals surface area (Å²) in [6.45, 7) is 10.8. The lowest BCUT2D eigenvalue weighted by Crippen LogP contribution is -2.65. The summed E-state index contributed by atoms with van der Waals surface area (Å²) < 4.78 is 55.7. The van der Waals surface area contributed by atoms with Gasteiger partial charge < -0.3 is 83.5 Å². The Labute approximate surface area is 363 Å². The van der Waals surface area contributed by atoms with E-state index in [0.717, 1.165) is 45.1 Å². The molecule has 4 aliphatic carbocycles. The Hall–Kier alpha value is -0.940. The van der Waals surface area contributed by atoms with Crippen molar-refractivity contribution in [2.24, 2.45) is 46.3 Å². The van der Waals surface area contributed by atoms with Crippen molar-refractivity contribution in [2.75, 3.05) is 26.9 Å². The quantitative estimate of drug-likeness (QED) is 0.155. The van der Waals surface area contributed by atoms with Crippen LogP contribution in [0.1, 0.15) is 86.0 Å². The SMILES string of the molecule is CO[C@@H]1C[C@H](O[C@@H]2O[C@H](C)[C@H](O)[C@H](O[C@@H]3OC[C@@H](O)[C@H](O)[C@H]3O[C@@H]3O[C@H](CO)[C@@H](O)[C@H](O)[C@H]3O)[C@H]2O)CC2=CC[C@H]3[C@@H]4C[C@@H]5O[C@]6(CC[C@@H](C)CO6)[C@@H](C)[C@@H]5[C@@]4(C)CC[C@@H]3[C@]21C. The van der Waals surface area contributed by atoms with Crippen LogP contribution in [0.4, 0.5) is 0 Å². The van der Waals surface area contributed by atoms with Gasteiger partial charge in [-0.05, 0) is 80.5 Å². The predicted molar refractivity (Wildman–Crippen MR) is 214 cm³/mol. The highest BCUT2D eigenvalue weighted by molar-refractivity contribution is 5.29. The number of aliphatic hydroxyl groups excluding tert-OH is 8. The Morgan fingerprint density at radius 3 is 2.21 bits per heavy atom. The van der Waals surface area contributed by atoms with E-state index in [1.807, 2.05) is 0 Å². The van der Waals surface area contributed by atoms with Gasteiger partial charge in [-0.1, -0.05) is 39.3 Å². The molecule has 5 aliphatic heterocycles. The van der Waals surface area contributed by atoms with Gasteiger partial charge in [-0.25, -0.2) is 0 Å². The minimum Gasteiger partial charge on any atom is -0.394 e. The Bertz CT molecular complexity index is 1610. The molecule has 1 spiro atoms. The van der Waals surface area contributed by atoms with Gasteiger partial charge in [0, 0.05) is 31.3 Å². The maximum atomic E-state index is 11.8. The van der Waals surface area contributed by atoms with Crippen LogP contribution in [0.25, 0.3) is 0 Å². The van der Waals surface area contributed by atoms with E-state index < -0.39 is 111 Å². The third-order valence-corrected chi connectivity index (χ3v) is 17.7. The van der Waals surface area contributed by atoms with Gasteiger partial charge in [0.1, 0.15) is 61.0 Å². The summed E-state index contributed by atoms with van der Waals surface area (Å²) in [5, 5.41) is 85.4. The first-order valence-electron chi connectivity index (χ1n) is 23.3. The fraction of sp³-hybridized carbons (Fsp3) is 0.956. The molecule has 8 N–H and O–H groups in total. The summed E-state index contributed by atoms with van der Waals surface area (Å²) in [4.78, 5) is 0. The van der Waals surface area contributed by atoms with Crippen molar-refractivity contribution in [1.29, 1.82) is 0 Å². The number of aliphatic hydroxyl groups is 8. The van der Waals surface area contributed by atoms with E-state index in [1.54, 1.807) is 14.0 Å². The van der Waals surface area contributed by atoms with Crippen molar-refractivity contribution in [3.8, 4) is 0 Å². The van der Waals surface area contributed by atoms with E-state index in [4.69, 9.17) is 42.6 Å². The van der Waals surface area contributed by atoms with Crippen molar-refractivity contribution in [3.05, 3.63) is 11.6 Å². The first-order valence-corrected chi connectivity index (χ1v) is 23.3. The van der Waals surface area contributed by atoms with Gasteiger partial charge in [0.2, 0.25) is 0 Å². The van der Waals surface area contributed by atoms with Gasteiger partial charge in [-0.15, -0.1) is 0 Å². The average molecular weight is 885 g/mol. The summed E-state index contributed by atoms with van der Waals surface area (Å²) in [6, 6.07) is 0. The van der Waals surface area contributed by atoms with Crippen LogP contribution in [-0.2, 0) is 42.6 Å². The molecule has 0 radical (unpaired) electrons. The third kappa shape index (κ3) is 7.40. The molecule has 0 aromatic rings. The molecule has 17 heteroatoms. The summed E-state index contributed by atoms with van der Waals surface area (Å²) in [5.74, 6) is 2.41. The van der Waals surface area contributed by atoms with Crippen molar-refractivity contribution in [1.82, 2.24) is 0 Å². The standard InChI is InChI=1S/C45H72O17/c1-19-9-12-45(56-17-19)20(2)31-28(62-45)15-26-24-8-7-22-13-23(14-30(54-6)44(22,5)25(24)10-11-43(26,31)4)58-41-37(53)38(32(48)21(3)57-41)60-42-39(33(49)27(47)18-55-42)61-40-36(52)35(51)34(50)29(16-46)59-40/h7,19-21,23-42,46-53H,8-18H2,1-6H3/t19-,20+,21-,23-,24-,25+,26+,27-,28+,29-,30-,31+,32+,33+,34-,35+,36-,37-,38+,39-,40+,41+,42+,43+,44+,45-/m1/s1. The van der Waals surface area contributed by atoms with Crippen LogP contribution in [0, 0.1) is 46.3 Å². The summed E-state index contributed by atoms with van der Waals surface area (Å²) >= 11 is 0. The fourth-order valence-corrected chi connectivity index (χ4v) is 14.1. The summed E-state index contributed by atoms with van der Waals surface area (Å²) in [6.07, 6.45) is -11.3. The van der Waals surface area contributed by atoms with Gasteiger partial charge in [0.15, 0.2) is 24.7 Å². The Kier molecular flexibility index (Phi) is 12.9. The Morgan fingerprint density at radius 2 is 1.50 bits per heavy atom. The molecule has 5 saturated heterocycles. The normalized spacial score (nSPS) is 57.6. The summed E-state index contributed by atoms with van der Waals surface area (Å²) in [7, 11) is 1.76. The molecule has 17 nitrogen and oxygen atoms in total. The lowest BCUT2D eigenvalue weighted by Gasteiger charge is -2.60. The van der Waals surface area contributed by atoms with Crippen molar-refractivity contribution in [2.45, 2.75) is 196 Å². The van der Waals surface area contributed by atoms with Gasteiger partial charge >= 0.3 is 0 Å². The van der Waals surface area contributed by atoms with Crippen molar-refractivity contribution >= 4 is 0 Å². The smallest absolute Gasteiger partial charge is 0.187 e. The molecule has 9 rings (SSSR count). The van der Waals surface area contributed by atoms with Crippen molar-refractivity contribution < 1.29 is 83.5 Å². The van der Waals surface area contributed by atoms with E-state index in [1.165, 1.54) is 5.57 Å². The minimum absolute atomic E-state index is 0.165. The molecule has 0 unspecified atom stereocenters. The number of ether oxygens (including phenoxy) is 9.